The molecule has 4 heterocycles. The minimum absolute atomic E-state index is 0.884. The SMILES string of the molecule is OC[C@@H](O)[C@@H]1O[C@@H](O[C@H]2[C@@H](O)[C@@H](CO)O[C@H](O[C@H]3[C@H](O[C@H]4[C@@H](O)[C@@H](CO)O[C@H](O[C@H](CO)[C@@H](O)[C@@H](O)CO)[C@@H]4O)O[C@@H]([C@H](O)CO)[C@@H]3O)[C@@H]2O)[C@H](O)[C@H]1O. The highest BCUT2D eigenvalue weighted by Gasteiger charge is 2.57. The number of ether oxygens (including phenoxy) is 8. The van der Waals surface area contributed by atoms with E-state index in [1.807, 2.05) is 0 Å². The minimum atomic E-state index is -2.11. The van der Waals surface area contributed by atoms with Crippen molar-refractivity contribution in [3.63, 3.8) is 0 Å². The van der Waals surface area contributed by atoms with Gasteiger partial charge < -0.3 is 125 Å². The lowest BCUT2D eigenvalue weighted by Crippen LogP contribution is -2.63. The predicted molar refractivity (Wildman–Crippen MR) is 163 cm³/mol. The monoisotopic (exact) mass is 800 g/mol. The molecule has 0 amide bonds. The molecule has 4 fully saturated rings. The highest BCUT2D eigenvalue weighted by molar-refractivity contribution is 4.99. The second-order valence-electron chi connectivity index (χ2n) is 13.2. The number of aliphatic hydroxyl groups is 17. The second kappa shape index (κ2) is 20.1. The van der Waals surface area contributed by atoms with E-state index in [4.69, 9.17) is 43.0 Å². The van der Waals surface area contributed by atoms with Crippen LogP contribution in [0.1, 0.15) is 0 Å². The zero-order valence-electron chi connectivity index (χ0n) is 28.4. The maximum Gasteiger partial charge on any atom is 0.187 e. The van der Waals surface area contributed by atoms with Crippen LogP contribution in [-0.2, 0) is 37.9 Å². The third-order valence-corrected chi connectivity index (χ3v) is 9.59. The predicted octanol–water partition coefficient (Wildman–Crippen LogP) is -11.6. The number of hydrogen-bond acceptors (Lipinski definition) is 25. The largest absolute Gasteiger partial charge is 0.394 e. The molecule has 0 spiro atoms. The highest BCUT2D eigenvalue weighted by Crippen LogP contribution is 2.36. The van der Waals surface area contributed by atoms with Gasteiger partial charge in [-0.1, -0.05) is 0 Å². The van der Waals surface area contributed by atoms with Gasteiger partial charge in [-0.3, -0.25) is 0 Å². The first-order valence-electron chi connectivity index (χ1n) is 17.0. The lowest BCUT2D eigenvalue weighted by Gasteiger charge is -2.45. The zero-order valence-corrected chi connectivity index (χ0v) is 28.4. The van der Waals surface area contributed by atoms with Crippen molar-refractivity contribution in [2.75, 3.05) is 39.6 Å². The first kappa shape index (κ1) is 45.7. The van der Waals surface area contributed by atoms with Crippen molar-refractivity contribution < 1.29 is 125 Å². The molecule has 23 atom stereocenters. The Morgan fingerprint density at radius 3 is 1.37 bits per heavy atom. The fourth-order valence-corrected chi connectivity index (χ4v) is 6.42. The van der Waals surface area contributed by atoms with Crippen LogP contribution < -0.4 is 0 Å². The Balaban J connectivity index is 1.58. The van der Waals surface area contributed by atoms with Gasteiger partial charge in [-0.25, -0.2) is 0 Å². The van der Waals surface area contributed by atoms with Gasteiger partial charge in [0.25, 0.3) is 0 Å². The first-order valence-corrected chi connectivity index (χ1v) is 17.0. The van der Waals surface area contributed by atoms with E-state index in [9.17, 15) is 81.7 Å². The Kier molecular flexibility index (Phi) is 17.0. The van der Waals surface area contributed by atoms with Crippen LogP contribution in [-0.4, -0.2) is 268 Å². The van der Waals surface area contributed by atoms with Crippen LogP contribution in [0, 0.1) is 0 Å². The quantitative estimate of drug-likeness (QED) is 0.0612. The van der Waals surface area contributed by atoms with Gasteiger partial charge in [0.05, 0.1) is 39.6 Å². The molecule has 0 aromatic heterocycles. The summed E-state index contributed by atoms with van der Waals surface area (Å²) in [7, 11) is 0. The molecule has 4 aliphatic heterocycles. The molecule has 0 aliphatic carbocycles. The molecule has 4 aliphatic rings. The summed E-state index contributed by atoms with van der Waals surface area (Å²) >= 11 is 0. The molecule has 318 valence electrons. The van der Waals surface area contributed by atoms with Crippen LogP contribution in [0.3, 0.4) is 0 Å². The normalized spacial score (nSPS) is 45.9. The topological polar surface area (TPSA) is 418 Å². The summed E-state index contributed by atoms with van der Waals surface area (Å²) < 4.78 is 44.2. The van der Waals surface area contributed by atoms with Crippen LogP contribution in [0.4, 0.5) is 0 Å². The Morgan fingerprint density at radius 2 is 0.870 bits per heavy atom. The lowest BCUT2D eigenvalue weighted by molar-refractivity contribution is -0.363. The van der Waals surface area contributed by atoms with Crippen molar-refractivity contribution >= 4 is 0 Å². The summed E-state index contributed by atoms with van der Waals surface area (Å²) in [6.45, 7) is -5.72. The van der Waals surface area contributed by atoms with Crippen LogP contribution in [0.25, 0.3) is 0 Å². The molecule has 4 saturated heterocycles. The molecule has 17 N–H and O–H groups in total. The van der Waals surface area contributed by atoms with Crippen molar-refractivity contribution in [3.8, 4) is 0 Å². The molecule has 0 radical (unpaired) electrons. The molecular weight excluding hydrogens is 748 g/mol. The number of rotatable bonds is 18. The zero-order chi connectivity index (χ0) is 40.2. The molecule has 0 unspecified atom stereocenters. The maximum atomic E-state index is 11.2. The standard InChI is InChI=1S/C29H52O25/c30-1-7(36)13(39)10(4-33)47-27-19(45)24(15(41)11(5-34)48-27)53-29-25(18(44)22(51-29)9(38)3-32)54-28-20(46)23(14(40)12(6-35)49-28)52-26-17(43)16(42)21(50-26)8(37)2-31/h7-46H,1-6H2/t7-,8+,9+,10+,11+,12+,13-,14-,15-,16+,17+,18-,19+,20+,21-,22-,23-,24-,25+,26-,27-,28+,29-/m0/s1. The number of aliphatic hydroxyl groups excluding tert-OH is 17. The van der Waals surface area contributed by atoms with Gasteiger partial charge in [-0.2, -0.15) is 0 Å². The Labute approximate surface area is 305 Å². The molecule has 4 rings (SSSR count). The van der Waals surface area contributed by atoms with Crippen LogP contribution in [0.15, 0.2) is 0 Å². The molecule has 54 heavy (non-hydrogen) atoms. The average Bonchev–Trinajstić information content (AvgIpc) is 3.63. The summed E-state index contributed by atoms with van der Waals surface area (Å²) in [5.41, 5.74) is 0. The third kappa shape index (κ3) is 9.64. The van der Waals surface area contributed by atoms with Gasteiger partial charge in [-0.05, 0) is 0 Å². The number of hydrogen-bond donors (Lipinski definition) is 17. The second-order valence-corrected chi connectivity index (χ2v) is 13.2. The van der Waals surface area contributed by atoms with E-state index < -0.39 is 181 Å². The van der Waals surface area contributed by atoms with E-state index in [1.54, 1.807) is 0 Å². The molecule has 25 heteroatoms. The molecule has 25 nitrogen and oxygen atoms in total. The molecular formula is C29H52O25. The van der Waals surface area contributed by atoms with Crippen LogP contribution in [0.2, 0.25) is 0 Å². The molecule has 0 aromatic rings. The van der Waals surface area contributed by atoms with Gasteiger partial charge in [-0.15, -0.1) is 0 Å². The van der Waals surface area contributed by atoms with Gasteiger partial charge >= 0.3 is 0 Å². The molecule has 0 bridgehead atoms. The fourth-order valence-electron chi connectivity index (χ4n) is 6.42. The van der Waals surface area contributed by atoms with E-state index in [2.05, 4.69) is 0 Å². The summed E-state index contributed by atoms with van der Waals surface area (Å²) in [4.78, 5) is 0. The maximum absolute atomic E-state index is 11.2. The minimum Gasteiger partial charge on any atom is -0.394 e. The fraction of sp³-hybridized carbons (Fsp3) is 1.00. The van der Waals surface area contributed by atoms with Crippen molar-refractivity contribution in [2.24, 2.45) is 0 Å². The van der Waals surface area contributed by atoms with Crippen molar-refractivity contribution in [1.29, 1.82) is 0 Å². The van der Waals surface area contributed by atoms with Gasteiger partial charge in [0.15, 0.2) is 25.2 Å². The lowest BCUT2D eigenvalue weighted by atomic mass is 9.98. The smallest absolute Gasteiger partial charge is 0.187 e. The van der Waals surface area contributed by atoms with E-state index in [1.165, 1.54) is 0 Å². The Hall–Kier alpha value is -1.00. The third-order valence-electron chi connectivity index (χ3n) is 9.59. The molecule has 0 saturated carbocycles. The van der Waals surface area contributed by atoms with Gasteiger partial charge in [0.2, 0.25) is 0 Å². The van der Waals surface area contributed by atoms with E-state index in [0.717, 1.165) is 0 Å². The summed E-state index contributed by atoms with van der Waals surface area (Å²) in [5.74, 6) is 0. The van der Waals surface area contributed by atoms with E-state index >= 15 is 0 Å². The van der Waals surface area contributed by atoms with Crippen molar-refractivity contribution in [3.05, 3.63) is 0 Å². The van der Waals surface area contributed by atoms with Crippen molar-refractivity contribution in [1.82, 2.24) is 0 Å². The Morgan fingerprint density at radius 1 is 0.426 bits per heavy atom. The average molecular weight is 801 g/mol. The highest BCUT2D eigenvalue weighted by atomic mass is 16.8. The van der Waals surface area contributed by atoms with Crippen molar-refractivity contribution in [2.45, 2.75) is 141 Å². The van der Waals surface area contributed by atoms with E-state index in [-0.39, 0.29) is 0 Å². The summed E-state index contributed by atoms with van der Waals surface area (Å²) in [5, 5.41) is 174. The van der Waals surface area contributed by atoms with Gasteiger partial charge in [0, 0.05) is 0 Å². The first-order chi connectivity index (χ1) is 25.6. The Bertz CT molecular complexity index is 1110. The summed E-state index contributed by atoms with van der Waals surface area (Å²) in [6, 6.07) is 0. The van der Waals surface area contributed by atoms with Crippen LogP contribution in [0.5, 0.6) is 0 Å². The summed E-state index contributed by atoms with van der Waals surface area (Å²) in [6.07, 6.45) is -42.7. The molecule has 0 aromatic carbocycles. The van der Waals surface area contributed by atoms with E-state index in [0.29, 0.717) is 0 Å². The van der Waals surface area contributed by atoms with Crippen LogP contribution >= 0.6 is 0 Å². The van der Waals surface area contributed by atoms with Gasteiger partial charge in [0.1, 0.15) is 116 Å².